The Morgan fingerprint density at radius 1 is 1.30 bits per heavy atom. The van der Waals surface area contributed by atoms with Gasteiger partial charge < -0.3 is 10.2 Å². The zero-order valence-electron chi connectivity index (χ0n) is 16.5. The van der Waals surface area contributed by atoms with Gasteiger partial charge in [0.05, 0.1) is 11.9 Å². The summed E-state index contributed by atoms with van der Waals surface area (Å²) >= 11 is 0. The van der Waals surface area contributed by atoms with E-state index >= 15 is 0 Å². The lowest BCUT2D eigenvalue weighted by Gasteiger charge is -2.25. The molecule has 0 bridgehead atoms. The number of piperidine rings is 1. The van der Waals surface area contributed by atoms with Crippen molar-refractivity contribution in [2.24, 2.45) is 0 Å². The third-order valence-electron chi connectivity index (χ3n) is 5.32. The third kappa shape index (κ3) is 4.47. The molecule has 1 aromatic carbocycles. The lowest BCUT2D eigenvalue weighted by molar-refractivity contribution is 0.447. The minimum atomic E-state index is -3.37. The molecule has 1 fully saturated rings. The van der Waals surface area contributed by atoms with Crippen molar-refractivity contribution in [1.82, 2.24) is 15.3 Å². The quantitative estimate of drug-likeness (QED) is 0.849. The fraction of sp³-hybridized carbons (Fsp3) is 0.500. The summed E-state index contributed by atoms with van der Waals surface area (Å²) in [4.78, 5) is 11.3. The topological polar surface area (TPSA) is 75.2 Å². The summed E-state index contributed by atoms with van der Waals surface area (Å²) in [7, 11) is -1.42. The fourth-order valence-corrected chi connectivity index (χ4v) is 4.37. The molecule has 1 saturated heterocycles. The minimum absolute atomic E-state index is 0.0966. The van der Waals surface area contributed by atoms with Gasteiger partial charge in [0, 0.05) is 32.3 Å². The number of aromatic nitrogens is 2. The maximum Gasteiger partial charge on any atom is 0.225 e. The van der Waals surface area contributed by atoms with Gasteiger partial charge in [0.1, 0.15) is 4.90 Å². The first-order valence-electron chi connectivity index (χ1n) is 9.31. The van der Waals surface area contributed by atoms with Gasteiger partial charge in [-0.1, -0.05) is 18.2 Å². The predicted molar refractivity (Wildman–Crippen MR) is 108 cm³/mol. The summed E-state index contributed by atoms with van der Waals surface area (Å²) in [6.07, 6.45) is 4.66. The van der Waals surface area contributed by atoms with Crippen LogP contribution in [-0.4, -0.2) is 44.8 Å². The summed E-state index contributed by atoms with van der Waals surface area (Å²) in [5.74, 6) is 0.656. The van der Waals surface area contributed by atoms with Gasteiger partial charge in [-0.15, -0.1) is 0 Å². The number of aryl methyl sites for hydroxylation is 1. The highest BCUT2D eigenvalue weighted by molar-refractivity contribution is 7.90. The zero-order chi connectivity index (χ0) is 19.6. The second-order valence-electron chi connectivity index (χ2n) is 7.45. The van der Waals surface area contributed by atoms with Crippen LogP contribution in [0.2, 0.25) is 0 Å². The van der Waals surface area contributed by atoms with Crippen molar-refractivity contribution >= 4 is 15.8 Å². The van der Waals surface area contributed by atoms with Gasteiger partial charge in [-0.25, -0.2) is 18.4 Å². The van der Waals surface area contributed by atoms with Crippen LogP contribution in [-0.2, 0) is 16.4 Å². The molecule has 1 aliphatic rings. The van der Waals surface area contributed by atoms with E-state index < -0.39 is 9.84 Å². The second kappa shape index (κ2) is 7.94. The van der Waals surface area contributed by atoms with Crippen molar-refractivity contribution < 1.29 is 8.42 Å². The zero-order valence-corrected chi connectivity index (χ0v) is 17.3. The molecule has 0 radical (unpaired) electrons. The number of rotatable bonds is 5. The molecule has 0 unspecified atom stereocenters. The largest absolute Gasteiger partial charge is 0.340 e. The Morgan fingerprint density at radius 3 is 2.74 bits per heavy atom. The number of anilines is 1. The van der Waals surface area contributed by atoms with Gasteiger partial charge >= 0.3 is 0 Å². The predicted octanol–water partition coefficient (Wildman–Crippen LogP) is 2.60. The Balaban J connectivity index is 1.94. The van der Waals surface area contributed by atoms with E-state index in [0.717, 1.165) is 25.9 Å². The summed E-state index contributed by atoms with van der Waals surface area (Å²) in [6.45, 7) is 6.61. The van der Waals surface area contributed by atoms with Crippen molar-refractivity contribution in [3.63, 3.8) is 0 Å². The first kappa shape index (κ1) is 19.8. The molecular weight excluding hydrogens is 360 g/mol. The lowest BCUT2D eigenvalue weighted by Crippen LogP contribution is -2.30. The molecule has 1 N–H and O–H groups in total. The highest BCUT2D eigenvalue weighted by atomic mass is 32.2. The first-order valence-corrected chi connectivity index (χ1v) is 11.2. The van der Waals surface area contributed by atoms with Crippen LogP contribution < -0.4 is 10.2 Å². The standard InChI is InChI=1S/C20H28N4O2S/c1-14-7-5-8-17(15(14)2)13-24(3)20-22-12-18(27(4,25)26)19(23-20)16-9-6-10-21-11-16/h5,7-8,12,16,21H,6,9-11,13H2,1-4H3/t16-/m0/s1. The van der Waals surface area contributed by atoms with Gasteiger partial charge in [-0.05, 0) is 49.9 Å². The van der Waals surface area contributed by atoms with Gasteiger partial charge in [0.25, 0.3) is 0 Å². The molecule has 0 saturated carbocycles. The molecule has 27 heavy (non-hydrogen) atoms. The van der Waals surface area contributed by atoms with E-state index in [0.29, 0.717) is 18.2 Å². The molecule has 0 spiro atoms. The SMILES string of the molecule is Cc1cccc(CN(C)c2ncc(S(C)(=O)=O)c([C@H]3CCCNC3)n2)c1C. The van der Waals surface area contributed by atoms with Crippen molar-refractivity contribution in [3.05, 3.63) is 46.8 Å². The van der Waals surface area contributed by atoms with Crippen molar-refractivity contribution in [3.8, 4) is 0 Å². The fourth-order valence-electron chi connectivity index (χ4n) is 3.53. The molecule has 1 atom stereocenters. The molecule has 1 aliphatic heterocycles. The van der Waals surface area contributed by atoms with Crippen molar-refractivity contribution in [2.45, 2.75) is 44.0 Å². The molecule has 1 aromatic heterocycles. The number of benzene rings is 1. The highest BCUT2D eigenvalue weighted by Gasteiger charge is 2.26. The van der Waals surface area contributed by atoms with Gasteiger partial charge in [0.15, 0.2) is 9.84 Å². The van der Waals surface area contributed by atoms with Crippen LogP contribution in [0.4, 0.5) is 5.95 Å². The van der Waals surface area contributed by atoms with Crippen LogP contribution >= 0.6 is 0 Å². The molecule has 0 aliphatic carbocycles. The molecule has 146 valence electrons. The monoisotopic (exact) mass is 388 g/mol. The Kier molecular flexibility index (Phi) is 5.81. The van der Waals surface area contributed by atoms with Gasteiger partial charge in [-0.3, -0.25) is 0 Å². The molecule has 2 heterocycles. The van der Waals surface area contributed by atoms with E-state index in [1.54, 1.807) is 0 Å². The van der Waals surface area contributed by atoms with Crippen LogP contribution in [0.25, 0.3) is 0 Å². The Hall–Kier alpha value is -1.99. The van der Waals surface area contributed by atoms with Gasteiger partial charge in [-0.2, -0.15) is 0 Å². The normalized spacial score (nSPS) is 17.7. The second-order valence-corrected chi connectivity index (χ2v) is 9.43. The lowest BCUT2D eigenvalue weighted by atomic mass is 9.96. The average Bonchev–Trinajstić information content (AvgIpc) is 2.65. The summed E-state index contributed by atoms with van der Waals surface area (Å²) < 4.78 is 24.5. The first-order chi connectivity index (χ1) is 12.8. The van der Waals surface area contributed by atoms with Crippen LogP contribution in [0, 0.1) is 13.8 Å². The molecule has 6 nitrogen and oxygen atoms in total. The Morgan fingerprint density at radius 2 is 2.07 bits per heavy atom. The molecule has 0 amide bonds. The van der Waals surface area contributed by atoms with Crippen molar-refractivity contribution in [2.75, 3.05) is 31.3 Å². The summed E-state index contributed by atoms with van der Waals surface area (Å²) in [6, 6.07) is 6.26. The van der Waals surface area contributed by atoms with Crippen LogP contribution in [0.1, 0.15) is 41.1 Å². The molecule has 7 heteroatoms. The summed E-state index contributed by atoms with van der Waals surface area (Å²) in [5.41, 5.74) is 4.37. The highest BCUT2D eigenvalue weighted by Crippen LogP contribution is 2.29. The van der Waals surface area contributed by atoms with E-state index in [2.05, 4.69) is 42.3 Å². The number of nitrogens with one attached hydrogen (secondary N) is 1. The van der Waals surface area contributed by atoms with E-state index in [1.165, 1.54) is 29.1 Å². The molecule has 2 aromatic rings. The maximum absolute atomic E-state index is 12.2. The third-order valence-corrected chi connectivity index (χ3v) is 6.43. The van der Waals surface area contributed by atoms with E-state index in [4.69, 9.17) is 4.98 Å². The average molecular weight is 389 g/mol. The van der Waals surface area contributed by atoms with E-state index in [1.807, 2.05) is 11.9 Å². The molecule has 3 rings (SSSR count). The number of sulfone groups is 1. The summed E-state index contributed by atoms with van der Waals surface area (Å²) in [5, 5.41) is 3.35. The van der Waals surface area contributed by atoms with Crippen LogP contribution in [0.5, 0.6) is 0 Å². The smallest absolute Gasteiger partial charge is 0.225 e. The number of hydrogen-bond donors (Lipinski definition) is 1. The molecular formula is C20H28N4O2S. The Bertz CT molecular complexity index is 922. The van der Waals surface area contributed by atoms with E-state index in [-0.39, 0.29) is 10.8 Å². The van der Waals surface area contributed by atoms with E-state index in [9.17, 15) is 8.42 Å². The van der Waals surface area contributed by atoms with Crippen LogP contribution in [0.3, 0.4) is 0 Å². The van der Waals surface area contributed by atoms with Crippen LogP contribution in [0.15, 0.2) is 29.3 Å². The minimum Gasteiger partial charge on any atom is -0.340 e. The van der Waals surface area contributed by atoms with Gasteiger partial charge in [0.2, 0.25) is 5.95 Å². The maximum atomic E-state index is 12.2. The number of nitrogens with zero attached hydrogens (tertiary/aromatic N) is 3. The number of hydrogen-bond acceptors (Lipinski definition) is 6. The van der Waals surface area contributed by atoms with Crippen molar-refractivity contribution in [1.29, 1.82) is 0 Å². The Labute approximate surface area is 162 Å².